The molecular weight excluding hydrogens is 422 g/mol. The quantitative estimate of drug-likeness (QED) is 0.395. The summed E-state index contributed by atoms with van der Waals surface area (Å²) < 4.78 is 5.56. The molecule has 0 saturated carbocycles. The summed E-state index contributed by atoms with van der Waals surface area (Å²) in [5.74, 6) is -0.168. The average molecular weight is 440 g/mol. The first kappa shape index (κ1) is 21.8. The van der Waals surface area contributed by atoms with Crippen molar-refractivity contribution >= 4 is 34.8 Å². The standard InChI is InChI=1S/C22H18ClN3O5/c1-2-24-21(27)14-3-8-17(9-4-14)25-22(28)15-5-10-18(11-6-15)31-20-12-7-16(23)13-19(20)26(29)30/h3-13H,2H2,1H3,(H,24,27)(H,25,28). The molecule has 8 nitrogen and oxygen atoms in total. The maximum Gasteiger partial charge on any atom is 0.313 e. The number of carbonyl (C=O) groups excluding carboxylic acids is 2. The van der Waals surface area contributed by atoms with Gasteiger partial charge in [-0.3, -0.25) is 19.7 Å². The van der Waals surface area contributed by atoms with Crippen molar-refractivity contribution in [1.29, 1.82) is 0 Å². The predicted octanol–water partition coefficient (Wildman–Crippen LogP) is 5.04. The number of nitro groups is 1. The molecular formula is C22H18ClN3O5. The van der Waals surface area contributed by atoms with E-state index in [-0.39, 0.29) is 28.3 Å². The number of halogens is 1. The van der Waals surface area contributed by atoms with Gasteiger partial charge in [-0.2, -0.15) is 0 Å². The summed E-state index contributed by atoms with van der Waals surface area (Å²) in [5, 5.41) is 16.8. The fraction of sp³-hybridized carbons (Fsp3) is 0.0909. The Balaban J connectivity index is 1.67. The Labute approximate surface area is 182 Å². The van der Waals surface area contributed by atoms with Gasteiger partial charge in [0.05, 0.1) is 4.92 Å². The van der Waals surface area contributed by atoms with Gasteiger partial charge in [0.15, 0.2) is 0 Å². The van der Waals surface area contributed by atoms with E-state index in [2.05, 4.69) is 10.6 Å². The van der Waals surface area contributed by atoms with Crippen LogP contribution in [-0.4, -0.2) is 23.3 Å². The normalized spacial score (nSPS) is 10.3. The molecule has 31 heavy (non-hydrogen) atoms. The van der Waals surface area contributed by atoms with Gasteiger partial charge >= 0.3 is 5.69 Å². The highest BCUT2D eigenvalue weighted by atomic mass is 35.5. The average Bonchev–Trinajstić information content (AvgIpc) is 2.76. The number of nitro benzene ring substituents is 1. The van der Waals surface area contributed by atoms with Crippen molar-refractivity contribution < 1.29 is 19.2 Å². The third-order valence-electron chi connectivity index (χ3n) is 4.20. The summed E-state index contributed by atoms with van der Waals surface area (Å²) in [6.07, 6.45) is 0. The number of carbonyl (C=O) groups is 2. The van der Waals surface area contributed by atoms with Crippen LogP contribution in [0.15, 0.2) is 66.7 Å². The minimum atomic E-state index is -0.583. The molecule has 0 atom stereocenters. The van der Waals surface area contributed by atoms with E-state index in [0.29, 0.717) is 29.1 Å². The molecule has 0 aliphatic carbocycles. The summed E-state index contributed by atoms with van der Waals surface area (Å²) in [4.78, 5) is 34.8. The molecule has 9 heteroatoms. The Morgan fingerprint density at radius 1 is 0.968 bits per heavy atom. The number of hydrogen-bond donors (Lipinski definition) is 2. The van der Waals surface area contributed by atoms with Gasteiger partial charge in [0.1, 0.15) is 5.75 Å². The number of rotatable bonds is 7. The van der Waals surface area contributed by atoms with Crippen LogP contribution in [0.25, 0.3) is 0 Å². The van der Waals surface area contributed by atoms with E-state index < -0.39 is 4.92 Å². The molecule has 0 aliphatic heterocycles. The zero-order valence-corrected chi connectivity index (χ0v) is 17.2. The Bertz CT molecular complexity index is 1110. The van der Waals surface area contributed by atoms with Gasteiger partial charge in [-0.25, -0.2) is 0 Å². The Morgan fingerprint density at radius 3 is 2.19 bits per heavy atom. The SMILES string of the molecule is CCNC(=O)c1ccc(NC(=O)c2ccc(Oc3ccc(Cl)cc3[N+](=O)[O-])cc2)cc1. The molecule has 0 radical (unpaired) electrons. The number of anilines is 1. The second kappa shape index (κ2) is 9.73. The number of nitrogens with zero attached hydrogens (tertiary/aromatic N) is 1. The van der Waals surface area contributed by atoms with Crippen LogP contribution in [0.2, 0.25) is 5.02 Å². The van der Waals surface area contributed by atoms with Crippen molar-refractivity contribution in [2.24, 2.45) is 0 Å². The molecule has 3 rings (SSSR count). The van der Waals surface area contributed by atoms with Gasteiger partial charge in [0, 0.05) is 34.4 Å². The molecule has 0 saturated heterocycles. The summed E-state index contributed by atoms with van der Waals surface area (Å²) in [5.41, 5.74) is 1.14. The van der Waals surface area contributed by atoms with Gasteiger partial charge < -0.3 is 15.4 Å². The Hall–Kier alpha value is -3.91. The highest BCUT2D eigenvalue weighted by Crippen LogP contribution is 2.33. The van der Waals surface area contributed by atoms with Crippen LogP contribution in [-0.2, 0) is 0 Å². The molecule has 0 spiro atoms. The Kier molecular flexibility index (Phi) is 6.84. The van der Waals surface area contributed by atoms with Crippen LogP contribution in [0.1, 0.15) is 27.6 Å². The van der Waals surface area contributed by atoms with Crippen LogP contribution in [0.3, 0.4) is 0 Å². The third-order valence-corrected chi connectivity index (χ3v) is 4.44. The van der Waals surface area contributed by atoms with E-state index in [1.165, 1.54) is 42.5 Å². The topological polar surface area (TPSA) is 111 Å². The smallest absolute Gasteiger partial charge is 0.313 e. The van der Waals surface area contributed by atoms with Crippen molar-refractivity contribution in [1.82, 2.24) is 5.32 Å². The van der Waals surface area contributed by atoms with E-state index in [9.17, 15) is 19.7 Å². The van der Waals surface area contributed by atoms with E-state index >= 15 is 0 Å². The van der Waals surface area contributed by atoms with Crippen LogP contribution in [0.4, 0.5) is 11.4 Å². The number of amides is 2. The number of nitrogens with one attached hydrogen (secondary N) is 2. The lowest BCUT2D eigenvalue weighted by atomic mass is 10.1. The summed E-state index contributed by atoms with van der Waals surface area (Å²) >= 11 is 5.80. The number of ether oxygens (including phenoxy) is 1. The van der Waals surface area contributed by atoms with E-state index in [4.69, 9.17) is 16.3 Å². The second-order valence-corrected chi connectivity index (χ2v) is 6.82. The van der Waals surface area contributed by atoms with Gasteiger partial charge in [0.25, 0.3) is 11.8 Å². The minimum absolute atomic E-state index is 0.0406. The van der Waals surface area contributed by atoms with Gasteiger partial charge in [-0.15, -0.1) is 0 Å². The molecule has 0 bridgehead atoms. The van der Waals surface area contributed by atoms with Crippen LogP contribution < -0.4 is 15.4 Å². The molecule has 0 heterocycles. The number of benzene rings is 3. The van der Waals surface area contributed by atoms with Crippen molar-refractivity contribution in [3.8, 4) is 11.5 Å². The van der Waals surface area contributed by atoms with Crippen LogP contribution in [0, 0.1) is 10.1 Å². The number of hydrogen-bond acceptors (Lipinski definition) is 5. The Morgan fingerprint density at radius 2 is 1.58 bits per heavy atom. The molecule has 3 aromatic rings. The van der Waals surface area contributed by atoms with Gasteiger partial charge in [-0.1, -0.05) is 11.6 Å². The van der Waals surface area contributed by atoms with Crippen LogP contribution >= 0.6 is 11.6 Å². The van der Waals surface area contributed by atoms with Crippen LogP contribution in [0.5, 0.6) is 11.5 Å². The van der Waals surface area contributed by atoms with Crippen molar-refractivity contribution in [2.45, 2.75) is 6.92 Å². The molecule has 0 aliphatic rings. The summed E-state index contributed by atoms with van der Waals surface area (Å²) in [7, 11) is 0. The first-order chi connectivity index (χ1) is 14.9. The lowest BCUT2D eigenvalue weighted by Gasteiger charge is -2.09. The molecule has 0 aromatic heterocycles. The highest BCUT2D eigenvalue weighted by Gasteiger charge is 2.17. The minimum Gasteiger partial charge on any atom is -0.450 e. The molecule has 158 valence electrons. The monoisotopic (exact) mass is 439 g/mol. The maximum atomic E-state index is 12.5. The van der Waals surface area contributed by atoms with Crippen molar-refractivity contribution in [3.63, 3.8) is 0 Å². The van der Waals surface area contributed by atoms with E-state index in [1.807, 2.05) is 6.92 Å². The molecule has 2 N–H and O–H groups in total. The largest absolute Gasteiger partial charge is 0.450 e. The first-order valence-corrected chi connectivity index (χ1v) is 9.66. The lowest BCUT2D eigenvalue weighted by Crippen LogP contribution is -2.22. The maximum absolute atomic E-state index is 12.5. The zero-order chi connectivity index (χ0) is 22.4. The summed E-state index contributed by atoms with van der Waals surface area (Å²) in [6, 6.07) is 16.8. The van der Waals surface area contributed by atoms with E-state index in [1.54, 1.807) is 24.3 Å². The van der Waals surface area contributed by atoms with Crippen molar-refractivity contribution in [2.75, 3.05) is 11.9 Å². The predicted molar refractivity (Wildman–Crippen MR) is 117 cm³/mol. The van der Waals surface area contributed by atoms with E-state index in [0.717, 1.165) is 0 Å². The fourth-order valence-corrected chi connectivity index (χ4v) is 2.86. The zero-order valence-electron chi connectivity index (χ0n) is 16.4. The molecule has 2 amide bonds. The molecule has 0 unspecified atom stereocenters. The highest BCUT2D eigenvalue weighted by molar-refractivity contribution is 6.30. The third kappa shape index (κ3) is 5.58. The molecule has 3 aromatic carbocycles. The molecule has 0 fully saturated rings. The fourth-order valence-electron chi connectivity index (χ4n) is 2.69. The lowest BCUT2D eigenvalue weighted by molar-refractivity contribution is -0.385. The van der Waals surface area contributed by atoms with Gasteiger partial charge in [0.2, 0.25) is 5.75 Å². The second-order valence-electron chi connectivity index (χ2n) is 6.39. The summed E-state index contributed by atoms with van der Waals surface area (Å²) in [6.45, 7) is 2.36. The van der Waals surface area contributed by atoms with Crippen molar-refractivity contribution in [3.05, 3.63) is 93.0 Å². The first-order valence-electron chi connectivity index (χ1n) is 9.29. The van der Waals surface area contributed by atoms with Gasteiger partial charge in [-0.05, 0) is 67.6 Å².